The molecule has 1 aromatic rings. The van der Waals surface area contributed by atoms with E-state index in [4.69, 9.17) is 4.74 Å². The monoisotopic (exact) mass is 303 g/mol. The molecule has 0 bridgehead atoms. The highest BCUT2D eigenvalue weighted by molar-refractivity contribution is 5.26. The van der Waals surface area contributed by atoms with Gasteiger partial charge in [-0.05, 0) is 37.4 Å². The van der Waals surface area contributed by atoms with E-state index in [-0.39, 0.29) is 12.1 Å². The van der Waals surface area contributed by atoms with Gasteiger partial charge in [0.05, 0.1) is 11.7 Å². The largest absolute Gasteiger partial charge is 0.416 e. The summed E-state index contributed by atoms with van der Waals surface area (Å²) >= 11 is 0. The fraction of sp³-hybridized carbons (Fsp3) is 0.625. The van der Waals surface area contributed by atoms with E-state index < -0.39 is 11.7 Å². The zero-order valence-electron chi connectivity index (χ0n) is 12.8. The topological polar surface area (TPSA) is 21.3 Å². The first-order valence-corrected chi connectivity index (χ1v) is 7.34. The van der Waals surface area contributed by atoms with E-state index in [1.54, 1.807) is 13.2 Å². The lowest BCUT2D eigenvalue weighted by molar-refractivity contribution is -0.137. The van der Waals surface area contributed by atoms with Crippen LogP contribution < -0.4 is 5.32 Å². The Morgan fingerprint density at radius 3 is 2.48 bits per heavy atom. The van der Waals surface area contributed by atoms with Gasteiger partial charge < -0.3 is 10.1 Å². The van der Waals surface area contributed by atoms with Crippen LogP contribution in [0.3, 0.4) is 0 Å². The van der Waals surface area contributed by atoms with E-state index in [1.165, 1.54) is 12.1 Å². The summed E-state index contributed by atoms with van der Waals surface area (Å²) in [6.07, 6.45) is -1.99. The molecule has 0 spiro atoms. The summed E-state index contributed by atoms with van der Waals surface area (Å²) < 4.78 is 43.7. The fourth-order valence-electron chi connectivity index (χ4n) is 2.41. The van der Waals surface area contributed by atoms with E-state index in [0.29, 0.717) is 12.0 Å². The van der Waals surface area contributed by atoms with Crippen LogP contribution in [0.4, 0.5) is 13.2 Å². The van der Waals surface area contributed by atoms with Gasteiger partial charge in [0.2, 0.25) is 0 Å². The maximum atomic E-state index is 12.8. The predicted molar refractivity (Wildman–Crippen MR) is 78.3 cm³/mol. The SMILES string of the molecule is CCCNC(Cc1cccc(C(F)(F)F)c1)C(CC)OC. The minimum Gasteiger partial charge on any atom is -0.380 e. The van der Waals surface area contributed by atoms with Crippen LogP contribution in [0, 0.1) is 0 Å². The molecule has 2 unspecified atom stereocenters. The van der Waals surface area contributed by atoms with Crippen LogP contribution in [0.25, 0.3) is 0 Å². The third-order valence-electron chi connectivity index (χ3n) is 3.52. The number of nitrogens with one attached hydrogen (secondary N) is 1. The summed E-state index contributed by atoms with van der Waals surface area (Å²) in [5.74, 6) is 0. The number of benzene rings is 1. The van der Waals surface area contributed by atoms with Crippen LogP contribution in [0.5, 0.6) is 0 Å². The molecular weight excluding hydrogens is 279 g/mol. The van der Waals surface area contributed by atoms with Gasteiger partial charge >= 0.3 is 6.18 Å². The Bertz CT molecular complexity index is 416. The molecule has 1 N–H and O–H groups in total. The maximum absolute atomic E-state index is 12.8. The highest BCUT2D eigenvalue weighted by Crippen LogP contribution is 2.29. The van der Waals surface area contributed by atoms with Crippen molar-refractivity contribution in [1.82, 2.24) is 5.32 Å². The molecule has 0 aliphatic heterocycles. The van der Waals surface area contributed by atoms with Crippen molar-refractivity contribution in [3.8, 4) is 0 Å². The summed E-state index contributed by atoms with van der Waals surface area (Å²) in [6, 6.07) is 5.54. The number of ether oxygens (including phenoxy) is 1. The Morgan fingerprint density at radius 2 is 1.95 bits per heavy atom. The molecule has 0 aliphatic rings. The summed E-state index contributed by atoms with van der Waals surface area (Å²) in [5.41, 5.74) is 0.0774. The summed E-state index contributed by atoms with van der Waals surface area (Å²) in [6.45, 7) is 4.90. The van der Waals surface area contributed by atoms with Gasteiger partial charge in [0.25, 0.3) is 0 Å². The molecule has 2 nitrogen and oxygen atoms in total. The van der Waals surface area contributed by atoms with Crippen molar-refractivity contribution in [1.29, 1.82) is 0 Å². The lowest BCUT2D eigenvalue weighted by Crippen LogP contribution is -2.42. The Kier molecular flexibility index (Phi) is 7.18. The minimum atomic E-state index is -4.30. The van der Waals surface area contributed by atoms with Gasteiger partial charge in [-0.3, -0.25) is 0 Å². The van der Waals surface area contributed by atoms with Gasteiger partial charge in [0.15, 0.2) is 0 Å². The van der Waals surface area contributed by atoms with Crippen LogP contribution >= 0.6 is 0 Å². The van der Waals surface area contributed by atoms with Crippen molar-refractivity contribution >= 4 is 0 Å². The van der Waals surface area contributed by atoms with Gasteiger partial charge in [-0.15, -0.1) is 0 Å². The van der Waals surface area contributed by atoms with Crippen molar-refractivity contribution in [2.75, 3.05) is 13.7 Å². The van der Waals surface area contributed by atoms with E-state index in [2.05, 4.69) is 12.2 Å². The predicted octanol–water partition coefficient (Wildman–Crippen LogP) is 4.04. The van der Waals surface area contributed by atoms with Crippen molar-refractivity contribution in [3.63, 3.8) is 0 Å². The van der Waals surface area contributed by atoms with Crippen LogP contribution in [0.15, 0.2) is 24.3 Å². The van der Waals surface area contributed by atoms with Crippen molar-refractivity contribution in [2.24, 2.45) is 0 Å². The average molecular weight is 303 g/mol. The lowest BCUT2D eigenvalue weighted by Gasteiger charge is -2.26. The molecule has 5 heteroatoms. The Morgan fingerprint density at radius 1 is 1.24 bits per heavy atom. The molecule has 0 fully saturated rings. The Hall–Kier alpha value is -1.07. The third kappa shape index (κ3) is 5.67. The van der Waals surface area contributed by atoms with Crippen LogP contribution in [0.2, 0.25) is 0 Å². The van der Waals surface area contributed by atoms with Crippen LogP contribution in [0.1, 0.15) is 37.8 Å². The molecule has 1 rings (SSSR count). The first-order valence-electron chi connectivity index (χ1n) is 7.34. The first kappa shape index (κ1) is 18.0. The Labute approximate surface area is 124 Å². The molecule has 2 atom stereocenters. The Balaban J connectivity index is 2.87. The molecule has 0 radical (unpaired) electrons. The second kappa shape index (κ2) is 8.39. The standard InChI is InChI=1S/C16H24F3NO/c1-4-9-20-14(15(5-2)21-3)11-12-7-6-8-13(10-12)16(17,18)19/h6-8,10,14-15,20H,4-5,9,11H2,1-3H3. The van der Waals surface area contributed by atoms with Gasteiger partial charge in [-0.1, -0.05) is 32.0 Å². The maximum Gasteiger partial charge on any atom is 0.416 e. The highest BCUT2D eigenvalue weighted by atomic mass is 19.4. The van der Waals surface area contributed by atoms with Gasteiger partial charge in [-0.25, -0.2) is 0 Å². The van der Waals surface area contributed by atoms with Crippen LogP contribution in [-0.2, 0) is 17.3 Å². The number of hydrogen-bond donors (Lipinski definition) is 1. The molecule has 0 saturated heterocycles. The second-order valence-corrected chi connectivity index (χ2v) is 5.15. The number of halogens is 3. The number of alkyl halides is 3. The second-order valence-electron chi connectivity index (χ2n) is 5.15. The molecule has 1 aromatic carbocycles. The van der Waals surface area contributed by atoms with Gasteiger partial charge in [0.1, 0.15) is 0 Å². The molecule has 0 aromatic heterocycles. The minimum absolute atomic E-state index is 0.00825. The zero-order chi connectivity index (χ0) is 15.9. The molecule has 0 aliphatic carbocycles. The van der Waals surface area contributed by atoms with E-state index in [1.807, 2.05) is 6.92 Å². The first-order chi connectivity index (χ1) is 9.92. The number of rotatable bonds is 8. The quantitative estimate of drug-likeness (QED) is 0.782. The molecular formula is C16H24F3NO. The van der Waals surface area contributed by atoms with Gasteiger partial charge in [-0.2, -0.15) is 13.2 Å². The molecule has 21 heavy (non-hydrogen) atoms. The number of methoxy groups -OCH3 is 1. The van der Waals surface area contributed by atoms with E-state index >= 15 is 0 Å². The lowest BCUT2D eigenvalue weighted by atomic mass is 9.98. The van der Waals surface area contributed by atoms with Crippen LogP contribution in [-0.4, -0.2) is 25.8 Å². The third-order valence-corrected chi connectivity index (χ3v) is 3.52. The molecule has 0 amide bonds. The average Bonchev–Trinajstić information content (AvgIpc) is 2.45. The van der Waals surface area contributed by atoms with Crippen molar-refractivity contribution in [2.45, 2.75) is 51.4 Å². The van der Waals surface area contributed by atoms with E-state index in [0.717, 1.165) is 25.5 Å². The summed E-state index contributed by atoms with van der Waals surface area (Å²) in [7, 11) is 1.64. The smallest absolute Gasteiger partial charge is 0.380 e. The number of hydrogen-bond acceptors (Lipinski definition) is 2. The molecule has 120 valence electrons. The zero-order valence-corrected chi connectivity index (χ0v) is 12.8. The van der Waals surface area contributed by atoms with E-state index in [9.17, 15) is 13.2 Å². The summed E-state index contributed by atoms with van der Waals surface area (Å²) in [4.78, 5) is 0. The molecule has 0 heterocycles. The normalized spacial score (nSPS) is 15.0. The summed E-state index contributed by atoms with van der Waals surface area (Å²) in [5, 5.41) is 3.37. The van der Waals surface area contributed by atoms with Crippen molar-refractivity contribution < 1.29 is 17.9 Å². The fourth-order valence-corrected chi connectivity index (χ4v) is 2.41. The van der Waals surface area contributed by atoms with Gasteiger partial charge in [0, 0.05) is 13.2 Å². The van der Waals surface area contributed by atoms with Crippen molar-refractivity contribution in [3.05, 3.63) is 35.4 Å². The molecule has 0 saturated carbocycles. The highest BCUT2D eigenvalue weighted by Gasteiger charge is 2.30.